The van der Waals surface area contributed by atoms with Gasteiger partial charge in [0.15, 0.2) is 22.5 Å². The Labute approximate surface area is 122 Å². The molecule has 4 nitrogen and oxygen atoms in total. The van der Waals surface area contributed by atoms with Gasteiger partial charge >= 0.3 is 0 Å². The van der Waals surface area contributed by atoms with Crippen LogP contribution in [0.4, 0.5) is 13.9 Å². The summed E-state index contributed by atoms with van der Waals surface area (Å²) in [7, 11) is 0. The molecule has 0 atom stereocenters. The molecular weight excluding hydrogens is 298 g/mol. The molecule has 0 aliphatic heterocycles. The van der Waals surface area contributed by atoms with Crippen molar-refractivity contribution in [2.75, 3.05) is 5.32 Å². The molecule has 1 amide bonds. The number of nitrogens with one attached hydrogen (secondary N) is 1. The molecule has 1 N–H and O–H groups in total. The van der Waals surface area contributed by atoms with E-state index in [9.17, 15) is 13.6 Å². The summed E-state index contributed by atoms with van der Waals surface area (Å²) in [4.78, 5) is 15.9. The number of thiazole rings is 1. The molecule has 0 bridgehead atoms. The third-order valence-electron chi connectivity index (χ3n) is 2.68. The average Bonchev–Trinajstić information content (AvgIpc) is 3.12. The third kappa shape index (κ3) is 2.82. The molecule has 3 rings (SSSR count). The number of halogens is 2. The van der Waals surface area contributed by atoms with E-state index in [1.807, 2.05) is 0 Å². The first-order valence-corrected chi connectivity index (χ1v) is 6.77. The highest BCUT2D eigenvalue weighted by atomic mass is 32.1. The summed E-state index contributed by atoms with van der Waals surface area (Å²) < 4.78 is 31.0. The molecule has 0 spiro atoms. The Bertz CT molecular complexity index is 784. The van der Waals surface area contributed by atoms with E-state index in [0.717, 1.165) is 12.1 Å². The van der Waals surface area contributed by atoms with Gasteiger partial charge in [-0.15, -0.1) is 11.3 Å². The van der Waals surface area contributed by atoms with Gasteiger partial charge in [-0.3, -0.25) is 10.1 Å². The van der Waals surface area contributed by atoms with E-state index in [-0.39, 0.29) is 5.76 Å². The van der Waals surface area contributed by atoms with Crippen molar-refractivity contribution in [3.8, 4) is 11.3 Å². The van der Waals surface area contributed by atoms with Crippen LogP contribution < -0.4 is 5.32 Å². The predicted octanol–water partition coefficient (Wildman–Crippen LogP) is 3.93. The fourth-order valence-corrected chi connectivity index (χ4v) is 2.40. The minimum Gasteiger partial charge on any atom is -0.459 e. The first-order chi connectivity index (χ1) is 10.1. The highest BCUT2D eigenvalue weighted by Crippen LogP contribution is 2.26. The van der Waals surface area contributed by atoms with Crippen molar-refractivity contribution in [1.82, 2.24) is 4.98 Å². The average molecular weight is 306 g/mol. The van der Waals surface area contributed by atoms with Crippen LogP contribution in [-0.4, -0.2) is 10.9 Å². The lowest BCUT2D eigenvalue weighted by Crippen LogP contribution is -2.10. The molecule has 0 aliphatic carbocycles. The molecule has 0 saturated carbocycles. The van der Waals surface area contributed by atoms with Crippen LogP contribution >= 0.6 is 11.3 Å². The van der Waals surface area contributed by atoms with E-state index in [1.54, 1.807) is 11.4 Å². The molecule has 0 fully saturated rings. The maximum absolute atomic E-state index is 13.2. The number of nitrogens with zero attached hydrogens (tertiary/aromatic N) is 1. The fraction of sp³-hybridized carbons (Fsp3) is 0. The number of hydrogen-bond donors (Lipinski definition) is 1. The minimum absolute atomic E-state index is 0.166. The van der Waals surface area contributed by atoms with E-state index in [1.165, 1.54) is 29.7 Å². The summed E-state index contributed by atoms with van der Waals surface area (Å²) in [5.74, 6) is -2.12. The Morgan fingerprint density at radius 2 is 2.10 bits per heavy atom. The van der Waals surface area contributed by atoms with Crippen LogP contribution in [0.25, 0.3) is 11.3 Å². The molecule has 0 aliphatic rings. The van der Waals surface area contributed by atoms with Crippen molar-refractivity contribution in [2.24, 2.45) is 0 Å². The number of carbonyl (C=O) groups excluding carboxylic acids is 1. The molecular formula is C14H8F2N2O2S. The van der Waals surface area contributed by atoms with Crippen LogP contribution in [0.3, 0.4) is 0 Å². The van der Waals surface area contributed by atoms with Gasteiger partial charge in [-0.2, -0.15) is 0 Å². The maximum atomic E-state index is 13.2. The van der Waals surface area contributed by atoms with Gasteiger partial charge < -0.3 is 4.42 Å². The minimum atomic E-state index is -0.943. The van der Waals surface area contributed by atoms with Crippen molar-refractivity contribution in [3.05, 3.63) is 59.4 Å². The Morgan fingerprint density at radius 1 is 1.24 bits per heavy atom. The Hall–Kier alpha value is -2.54. The summed E-state index contributed by atoms with van der Waals surface area (Å²) in [5, 5.41) is 4.55. The molecule has 106 valence electrons. The summed E-state index contributed by atoms with van der Waals surface area (Å²) >= 11 is 1.18. The van der Waals surface area contributed by atoms with Gasteiger partial charge in [0.2, 0.25) is 0 Å². The monoisotopic (exact) mass is 306 g/mol. The predicted molar refractivity (Wildman–Crippen MR) is 74.1 cm³/mol. The second-order valence-electron chi connectivity index (χ2n) is 4.10. The molecule has 2 heterocycles. The van der Waals surface area contributed by atoms with Crippen LogP contribution in [0, 0.1) is 11.6 Å². The quantitative estimate of drug-likeness (QED) is 0.797. The van der Waals surface area contributed by atoms with Gasteiger partial charge in [0, 0.05) is 10.9 Å². The lowest BCUT2D eigenvalue weighted by atomic mass is 10.2. The van der Waals surface area contributed by atoms with E-state index in [4.69, 9.17) is 4.42 Å². The van der Waals surface area contributed by atoms with Crippen LogP contribution in [0.2, 0.25) is 0 Å². The number of furan rings is 1. The lowest BCUT2D eigenvalue weighted by Gasteiger charge is -1.99. The number of benzene rings is 1. The molecule has 0 unspecified atom stereocenters. The summed E-state index contributed by atoms with van der Waals surface area (Å²) in [6.45, 7) is 0. The van der Waals surface area contributed by atoms with Crippen LogP contribution in [0.5, 0.6) is 0 Å². The zero-order valence-electron chi connectivity index (χ0n) is 10.5. The van der Waals surface area contributed by atoms with Crippen LogP contribution in [0.15, 0.2) is 46.4 Å². The Balaban J connectivity index is 1.80. The van der Waals surface area contributed by atoms with E-state index in [2.05, 4.69) is 10.3 Å². The van der Waals surface area contributed by atoms with Crippen LogP contribution in [-0.2, 0) is 0 Å². The molecule has 2 aromatic heterocycles. The maximum Gasteiger partial charge on any atom is 0.293 e. The number of hydrogen-bond acceptors (Lipinski definition) is 4. The van der Waals surface area contributed by atoms with Crippen molar-refractivity contribution in [1.29, 1.82) is 0 Å². The zero-order valence-corrected chi connectivity index (χ0v) is 11.3. The van der Waals surface area contributed by atoms with Crippen molar-refractivity contribution in [3.63, 3.8) is 0 Å². The number of aromatic nitrogens is 1. The molecule has 0 saturated heterocycles. The van der Waals surface area contributed by atoms with Gasteiger partial charge in [-0.05, 0) is 30.3 Å². The Morgan fingerprint density at radius 3 is 2.81 bits per heavy atom. The fourth-order valence-electron chi connectivity index (χ4n) is 1.69. The molecule has 0 radical (unpaired) electrons. The SMILES string of the molecule is O=C(Nc1nc(-c2ccc(F)c(F)c2)cs1)c1ccco1. The van der Waals surface area contributed by atoms with E-state index in [0.29, 0.717) is 16.4 Å². The highest BCUT2D eigenvalue weighted by molar-refractivity contribution is 7.14. The van der Waals surface area contributed by atoms with Gasteiger partial charge in [0.05, 0.1) is 12.0 Å². The molecule has 21 heavy (non-hydrogen) atoms. The standard InChI is InChI=1S/C14H8F2N2O2S/c15-9-4-3-8(6-10(9)16)11-7-21-14(17-11)18-13(19)12-2-1-5-20-12/h1-7H,(H,17,18,19). The van der Waals surface area contributed by atoms with Crippen LogP contribution in [0.1, 0.15) is 10.6 Å². The second-order valence-corrected chi connectivity index (χ2v) is 4.96. The van der Waals surface area contributed by atoms with Gasteiger partial charge in [0.25, 0.3) is 5.91 Å². The van der Waals surface area contributed by atoms with E-state index >= 15 is 0 Å². The number of carbonyl (C=O) groups is 1. The van der Waals surface area contributed by atoms with Crippen molar-refractivity contribution in [2.45, 2.75) is 0 Å². The number of amides is 1. The zero-order chi connectivity index (χ0) is 14.8. The van der Waals surface area contributed by atoms with Crippen molar-refractivity contribution < 1.29 is 18.0 Å². The normalized spacial score (nSPS) is 10.6. The highest BCUT2D eigenvalue weighted by Gasteiger charge is 2.12. The molecule has 7 heteroatoms. The third-order valence-corrected chi connectivity index (χ3v) is 3.44. The largest absolute Gasteiger partial charge is 0.459 e. The van der Waals surface area contributed by atoms with Gasteiger partial charge in [-0.25, -0.2) is 13.8 Å². The molecule has 3 aromatic rings. The number of rotatable bonds is 3. The van der Waals surface area contributed by atoms with Gasteiger partial charge in [0.1, 0.15) is 0 Å². The topological polar surface area (TPSA) is 55.1 Å². The summed E-state index contributed by atoms with van der Waals surface area (Å²) in [6.07, 6.45) is 1.39. The first kappa shape index (κ1) is 13.4. The van der Waals surface area contributed by atoms with E-state index < -0.39 is 17.5 Å². The summed E-state index contributed by atoms with van der Waals surface area (Å²) in [5.41, 5.74) is 0.886. The summed E-state index contributed by atoms with van der Waals surface area (Å²) in [6, 6.07) is 6.64. The lowest BCUT2D eigenvalue weighted by molar-refractivity contribution is 0.0996. The number of anilines is 1. The smallest absolute Gasteiger partial charge is 0.293 e. The Kier molecular flexibility index (Phi) is 3.49. The van der Waals surface area contributed by atoms with Gasteiger partial charge in [-0.1, -0.05) is 0 Å². The van der Waals surface area contributed by atoms with Crippen molar-refractivity contribution >= 4 is 22.4 Å². The second kappa shape index (κ2) is 5.45. The first-order valence-electron chi connectivity index (χ1n) is 5.89. The molecule has 1 aromatic carbocycles.